The van der Waals surface area contributed by atoms with E-state index in [9.17, 15) is 9.59 Å². The third-order valence-corrected chi connectivity index (χ3v) is 3.93. The lowest BCUT2D eigenvalue weighted by Crippen LogP contribution is -2.16. The molecule has 0 aliphatic heterocycles. The van der Waals surface area contributed by atoms with Crippen LogP contribution in [0.15, 0.2) is 60.7 Å². The topological polar surface area (TPSA) is 43.4 Å². The first-order valence-electron chi connectivity index (χ1n) is 7.89. The summed E-state index contributed by atoms with van der Waals surface area (Å²) in [6.45, 7) is 0. The van der Waals surface area contributed by atoms with Crippen LogP contribution < -0.4 is 0 Å². The van der Waals surface area contributed by atoms with Crippen LogP contribution in [0.5, 0.6) is 0 Å². The van der Waals surface area contributed by atoms with Gasteiger partial charge >= 0.3 is 5.97 Å². The Morgan fingerprint density at radius 3 is 2.13 bits per heavy atom. The molecule has 2 aromatic rings. The second kappa shape index (κ2) is 8.89. The van der Waals surface area contributed by atoms with Crippen molar-refractivity contribution in [3.05, 3.63) is 71.8 Å². The number of carbonyl (C=O) groups is 2. The summed E-state index contributed by atoms with van der Waals surface area (Å²) in [4.78, 5) is 24.1. The normalized spacial score (nSPS) is 11.7. The Morgan fingerprint density at radius 2 is 1.52 bits per heavy atom. The lowest BCUT2D eigenvalue weighted by Gasteiger charge is -2.14. The second-order valence-corrected chi connectivity index (χ2v) is 5.55. The molecule has 0 fully saturated rings. The van der Waals surface area contributed by atoms with Crippen molar-refractivity contribution in [3.8, 4) is 0 Å². The summed E-state index contributed by atoms with van der Waals surface area (Å²) in [5.74, 6) is -0.479. The molecule has 2 rings (SSSR count). The van der Waals surface area contributed by atoms with Gasteiger partial charge in [0, 0.05) is 12.8 Å². The Hall–Kier alpha value is -2.42. The molecule has 1 unspecified atom stereocenters. The fourth-order valence-electron chi connectivity index (χ4n) is 2.61. The lowest BCUT2D eigenvalue weighted by molar-refractivity contribution is -0.142. The number of benzene rings is 2. The van der Waals surface area contributed by atoms with E-state index in [1.54, 1.807) is 0 Å². The minimum Gasteiger partial charge on any atom is -0.469 e. The molecule has 0 N–H and O–H groups in total. The highest BCUT2D eigenvalue weighted by atomic mass is 16.5. The zero-order valence-corrected chi connectivity index (χ0v) is 13.4. The Bertz CT molecular complexity index is 620. The molecule has 0 bridgehead atoms. The fraction of sp³-hybridized carbons (Fsp3) is 0.300. The maximum absolute atomic E-state index is 12.1. The number of carbonyl (C=O) groups excluding carboxylic acids is 2. The van der Waals surface area contributed by atoms with Gasteiger partial charge < -0.3 is 4.74 Å². The minimum atomic E-state index is -0.373. The van der Waals surface area contributed by atoms with E-state index in [4.69, 9.17) is 4.74 Å². The third-order valence-electron chi connectivity index (χ3n) is 3.93. The molecule has 0 radical (unpaired) electrons. The Balaban J connectivity index is 1.88. The van der Waals surface area contributed by atoms with Crippen LogP contribution in [-0.4, -0.2) is 18.9 Å². The smallest absolute Gasteiger partial charge is 0.313 e. The highest BCUT2D eigenvalue weighted by Gasteiger charge is 2.22. The maximum atomic E-state index is 12.1. The van der Waals surface area contributed by atoms with Crippen molar-refractivity contribution in [1.29, 1.82) is 0 Å². The van der Waals surface area contributed by atoms with Crippen LogP contribution in [0.4, 0.5) is 0 Å². The van der Waals surface area contributed by atoms with Gasteiger partial charge in [-0.3, -0.25) is 9.59 Å². The Labute approximate surface area is 137 Å². The molecule has 0 saturated heterocycles. The molecular formula is C20H22O3. The predicted octanol–water partition coefficient (Wildman–Crippen LogP) is 3.93. The van der Waals surface area contributed by atoms with Crippen molar-refractivity contribution in [2.24, 2.45) is 0 Å². The van der Waals surface area contributed by atoms with Gasteiger partial charge in [-0.05, 0) is 24.0 Å². The Kier molecular flexibility index (Phi) is 6.55. The van der Waals surface area contributed by atoms with Gasteiger partial charge in [0.05, 0.1) is 13.0 Å². The van der Waals surface area contributed by atoms with E-state index in [1.165, 1.54) is 7.11 Å². The maximum Gasteiger partial charge on any atom is 0.313 e. The van der Waals surface area contributed by atoms with E-state index in [0.717, 1.165) is 17.5 Å². The number of Topliss-reactive ketones (excluding diaryl/α,β-unsaturated/α-hetero) is 1. The summed E-state index contributed by atoms with van der Waals surface area (Å²) in [5, 5.41) is 0. The first kappa shape index (κ1) is 16.9. The largest absolute Gasteiger partial charge is 0.469 e. The van der Waals surface area contributed by atoms with Gasteiger partial charge in [-0.1, -0.05) is 60.7 Å². The first-order valence-corrected chi connectivity index (χ1v) is 7.89. The van der Waals surface area contributed by atoms with E-state index in [0.29, 0.717) is 19.3 Å². The van der Waals surface area contributed by atoms with Gasteiger partial charge in [0.25, 0.3) is 0 Å². The molecule has 0 spiro atoms. The molecule has 0 aliphatic carbocycles. The fourth-order valence-corrected chi connectivity index (χ4v) is 2.61. The minimum absolute atomic E-state index is 0.179. The quantitative estimate of drug-likeness (QED) is 0.694. The molecule has 2 aromatic carbocycles. The molecule has 23 heavy (non-hydrogen) atoms. The average Bonchev–Trinajstić information content (AvgIpc) is 2.61. The van der Waals surface area contributed by atoms with Crippen LogP contribution >= 0.6 is 0 Å². The molecule has 0 aliphatic rings. The van der Waals surface area contributed by atoms with E-state index in [2.05, 4.69) is 0 Å². The van der Waals surface area contributed by atoms with Crippen molar-refractivity contribution in [3.63, 3.8) is 0 Å². The molecule has 0 aromatic heterocycles. The average molecular weight is 310 g/mol. The van der Waals surface area contributed by atoms with Crippen molar-refractivity contribution in [1.82, 2.24) is 0 Å². The molecule has 1 atom stereocenters. The van der Waals surface area contributed by atoms with Crippen LogP contribution in [-0.2, 0) is 20.7 Å². The highest BCUT2D eigenvalue weighted by Crippen LogP contribution is 2.23. The number of ether oxygens (including phenoxy) is 1. The van der Waals surface area contributed by atoms with Crippen molar-refractivity contribution in [2.45, 2.75) is 31.6 Å². The summed E-state index contributed by atoms with van der Waals surface area (Å²) in [6, 6.07) is 19.4. The summed E-state index contributed by atoms with van der Waals surface area (Å²) in [6.07, 6.45) is 2.13. The molecule has 0 amide bonds. The molecule has 0 saturated carbocycles. The number of ketones is 1. The zero-order chi connectivity index (χ0) is 16.5. The van der Waals surface area contributed by atoms with Crippen molar-refractivity contribution >= 4 is 11.8 Å². The van der Waals surface area contributed by atoms with E-state index in [-0.39, 0.29) is 17.7 Å². The third kappa shape index (κ3) is 5.37. The summed E-state index contributed by atoms with van der Waals surface area (Å²) >= 11 is 0. The monoisotopic (exact) mass is 310 g/mol. The van der Waals surface area contributed by atoms with Crippen LogP contribution in [0, 0.1) is 0 Å². The molecule has 3 heteroatoms. The zero-order valence-electron chi connectivity index (χ0n) is 13.4. The number of methoxy groups -OCH3 is 1. The van der Waals surface area contributed by atoms with Gasteiger partial charge in [0.1, 0.15) is 5.78 Å². The SMILES string of the molecule is COC(=O)C(CCC(=O)CCc1ccccc1)c1ccccc1. The van der Waals surface area contributed by atoms with Crippen LogP contribution in [0.3, 0.4) is 0 Å². The summed E-state index contributed by atoms with van der Waals surface area (Å²) in [5.41, 5.74) is 2.06. The molecule has 3 nitrogen and oxygen atoms in total. The highest BCUT2D eigenvalue weighted by molar-refractivity contribution is 5.81. The molecule has 120 valence electrons. The number of aryl methyl sites for hydroxylation is 1. The van der Waals surface area contributed by atoms with Gasteiger partial charge in [-0.15, -0.1) is 0 Å². The van der Waals surface area contributed by atoms with Crippen molar-refractivity contribution < 1.29 is 14.3 Å². The standard InChI is InChI=1S/C20H22O3/c1-23-20(22)19(17-10-6-3-7-11-17)15-14-18(21)13-12-16-8-4-2-5-9-16/h2-11,19H,12-15H2,1H3. The van der Waals surface area contributed by atoms with Crippen LogP contribution in [0.25, 0.3) is 0 Å². The predicted molar refractivity (Wildman–Crippen MR) is 90.2 cm³/mol. The number of rotatable bonds is 8. The molecular weight excluding hydrogens is 288 g/mol. The van der Waals surface area contributed by atoms with Gasteiger partial charge in [0.15, 0.2) is 0 Å². The lowest BCUT2D eigenvalue weighted by atomic mass is 9.92. The second-order valence-electron chi connectivity index (χ2n) is 5.55. The van der Waals surface area contributed by atoms with E-state index < -0.39 is 0 Å². The number of hydrogen-bond acceptors (Lipinski definition) is 3. The van der Waals surface area contributed by atoms with E-state index in [1.807, 2.05) is 60.7 Å². The number of hydrogen-bond donors (Lipinski definition) is 0. The van der Waals surface area contributed by atoms with Gasteiger partial charge in [0.2, 0.25) is 0 Å². The molecule has 0 heterocycles. The Morgan fingerprint density at radius 1 is 0.913 bits per heavy atom. The van der Waals surface area contributed by atoms with E-state index >= 15 is 0 Å². The van der Waals surface area contributed by atoms with Gasteiger partial charge in [-0.2, -0.15) is 0 Å². The number of esters is 1. The van der Waals surface area contributed by atoms with Crippen molar-refractivity contribution in [2.75, 3.05) is 7.11 Å². The first-order chi connectivity index (χ1) is 11.2. The summed E-state index contributed by atoms with van der Waals surface area (Å²) < 4.78 is 4.88. The van der Waals surface area contributed by atoms with Crippen LogP contribution in [0.2, 0.25) is 0 Å². The van der Waals surface area contributed by atoms with Crippen LogP contribution in [0.1, 0.15) is 36.3 Å². The van der Waals surface area contributed by atoms with Gasteiger partial charge in [-0.25, -0.2) is 0 Å². The summed E-state index contributed by atoms with van der Waals surface area (Å²) in [7, 11) is 1.38.